The van der Waals surface area contributed by atoms with Gasteiger partial charge in [0.2, 0.25) is 0 Å². The Morgan fingerprint density at radius 3 is 2.48 bits per heavy atom. The van der Waals surface area contributed by atoms with E-state index in [0.717, 1.165) is 18.2 Å². The molecule has 2 aromatic heterocycles. The molecule has 0 saturated heterocycles. The molecule has 0 fully saturated rings. The van der Waals surface area contributed by atoms with Crippen molar-refractivity contribution in [2.45, 2.75) is 19.6 Å². The minimum absolute atomic E-state index is 0.634. The lowest BCUT2D eigenvalue weighted by Crippen LogP contribution is -2.36. The van der Waals surface area contributed by atoms with Crippen molar-refractivity contribution < 1.29 is 0 Å². The highest BCUT2D eigenvalue weighted by Crippen LogP contribution is 2.10. The molecule has 6 heteroatoms. The van der Waals surface area contributed by atoms with Crippen molar-refractivity contribution in [1.29, 1.82) is 0 Å². The van der Waals surface area contributed by atoms with Crippen molar-refractivity contribution in [2.75, 3.05) is 7.05 Å². The molecule has 0 saturated carbocycles. The topological polar surface area (TPSA) is 67.1 Å². The summed E-state index contributed by atoms with van der Waals surface area (Å²) in [7, 11) is 1.77. The van der Waals surface area contributed by atoms with E-state index in [1.54, 1.807) is 19.4 Å². The van der Waals surface area contributed by atoms with Crippen LogP contribution in [-0.2, 0) is 19.6 Å². The SMILES string of the molecule is CN=C(NCc1ccccn1)NCc1ccccc1Cn1cccn1. The fourth-order valence-electron chi connectivity index (χ4n) is 2.53. The summed E-state index contributed by atoms with van der Waals surface area (Å²) in [5.74, 6) is 0.750. The summed E-state index contributed by atoms with van der Waals surface area (Å²) in [4.78, 5) is 8.58. The average Bonchev–Trinajstić information content (AvgIpc) is 3.17. The van der Waals surface area contributed by atoms with Crippen LogP contribution in [-0.4, -0.2) is 27.8 Å². The summed E-state index contributed by atoms with van der Waals surface area (Å²) < 4.78 is 1.92. The Labute approximate surface area is 147 Å². The van der Waals surface area contributed by atoms with Crippen molar-refractivity contribution in [2.24, 2.45) is 4.99 Å². The lowest BCUT2D eigenvalue weighted by Gasteiger charge is -2.14. The van der Waals surface area contributed by atoms with Gasteiger partial charge in [0.1, 0.15) is 0 Å². The van der Waals surface area contributed by atoms with E-state index in [1.165, 1.54) is 11.1 Å². The Bertz CT molecular complexity index is 796. The lowest BCUT2D eigenvalue weighted by molar-refractivity contribution is 0.677. The number of hydrogen-bond donors (Lipinski definition) is 2. The molecule has 0 unspecified atom stereocenters. The van der Waals surface area contributed by atoms with Crippen molar-refractivity contribution in [1.82, 2.24) is 25.4 Å². The van der Waals surface area contributed by atoms with Crippen molar-refractivity contribution in [3.05, 3.63) is 83.9 Å². The molecule has 0 radical (unpaired) electrons. The van der Waals surface area contributed by atoms with Gasteiger partial charge in [0, 0.05) is 32.2 Å². The molecule has 1 aromatic carbocycles. The van der Waals surface area contributed by atoms with E-state index in [1.807, 2.05) is 41.2 Å². The van der Waals surface area contributed by atoms with Gasteiger partial charge in [0.15, 0.2) is 5.96 Å². The maximum atomic E-state index is 4.30. The van der Waals surface area contributed by atoms with Crippen LogP contribution in [0.2, 0.25) is 0 Å². The number of hydrogen-bond acceptors (Lipinski definition) is 3. The third-order valence-electron chi connectivity index (χ3n) is 3.84. The molecular weight excluding hydrogens is 312 g/mol. The van der Waals surface area contributed by atoms with Gasteiger partial charge in [-0.25, -0.2) is 0 Å². The Morgan fingerprint density at radius 1 is 0.960 bits per heavy atom. The molecule has 2 heterocycles. The second-order valence-electron chi connectivity index (χ2n) is 5.57. The fraction of sp³-hybridized carbons (Fsp3) is 0.211. The van der Waals surface area contributed by atoms with Gasteiger partial charge in [-0.15, -0.1) is 0 Å². The second kappa shape index (κ2) is 8.63. The van der Waals surface area contributed by atoms with Crippen molar-refractivity contribution >= 4 is 5.96 Å². The molecular formula is C19H22N6. The second-order valence-corrected chi connectivity index (χ2v) is 5.57. The molecule has 6 nitrogen and oxygen atoms in total. The van der Waals surface area contributed by atoms with E-state index >= 15 is 0 Å². The highest BCUT2D eigenvalue weighted by atomic mass is 15.3. The van der Waals surface area contributed by atoms with Crippen LogP contribution in [0, 0.1) is 0 Å². The summed E-state index contributed by atoms with van der Waals surface area (Å²) in [6.07, 6.45) is 5.56. The van der Waals surface area contributed by atoms with Gasteiger partial charge in [-0.2, -0.15) is 5.10 Å². The number of benzene rings is 1. The Morgan fingerprint density at radius 2 is 1.76 bits per heavy atom. The Balaban J connectivity index is 1.58. The predicted octanol–water partition coefficient (Wildman–Crippen LogP) is 2.19. The zero-order valence-corrected chi connectivity index (χ0v) is 14.3. The van der Waals surface area contributed by atoms with Crippen molar-refractivity contribution in [3.8, 4) is 0 Å². The van der Waals surface area contributed by atoms with Crippen LogP contribution in [0.1, 0.15) is 16.8 Å². The maximum Gasteiger partial charge on any atom is 0.191 e. The lowest BCUT2D eigenvalue weighted by atomic mass is 10.1. The minimum Gasteiger partial charge on any atom is -0.352 e. The van der Waals surface area contributed by atoms with Crippen LogP contribution in [0.4, 0.5) is 0 Å². The smallest absolute Gasteiger partial charge is 0.191 e. The number of aliphatic imine (C=N–C) groups is 1. The summed E-state index contributed by atoms with van der Waals surface area (Å²) in [6.45, 7) is 2.08. The standard InChI is InChI=1S/C19H22N6/c1-20-19(23-14-18-9-4-5-10-21-18)22-13-16-7-2-3-8-17(16)15-25-12-6-11-24-25/h2-12H,13-15H2,1H3,(H2,20,22,23). The van der Waals surface area contributed by atoms with Crippen LogP contribution < -0.4 is 10.6 Å². The molecule has 128 valence electrons. The first-order valence-corrected chi connectivity index (χ1v) is 8.24. The zero-order valence-electron chi connectivity index (χ0n) is 14.3. The highest BCUT2D eigenvalue weighted by Gasteiger charge is 2.05. The summed E-state index contributed by atoms with van der Waals surface area (Å²) in [5.41, 5.74) is 3.43. The fourth-order valence-corrected chi connectivity index (χ4v) is 2.53. The summed E-state index contributed by atoms with van der Waals surface area (Å²) in [6, 6.07) is 16.2. The Kier molecular flexibility index (Phi) is 5.77. The van der Waals surface area contributed by atoms with Gasteiger partial charge in [0.25, 0.3) is 0 Å². The van der Waals surface area contributed by atoms with E-state index in [-0.39, 0.29) is 0 Å². The molecule has 0 atom stereocenters. The monoisotopic (exact) mass is 334 g/mol. The first-order chi connectivity index (χ1) is 12.3. The third kappa shape index (κ3) is 4.91. The molecule has 0 spiro atoms. The van der Waals surface area contributed by atoms with E-state index < -0.39 is 0 Å². The van der Waals surface area contributed by atoms with Crippen molar-refractivity contribution in [3.63, 3.8) is 0 Å². The highest BCUT2D eigenvalue weighted by molar-refractivity contribution is 5.79. The number of aromatic nitrogens is 3. The van der Waals surface area contributed by atoms with E-state index in [9.17, 15) is 0 Å². The van der Waals surface area contributed by atoms with Crippen LogP contribution in [0.15, 0.2) is 72.1 Å². The molecule has 0 bridgehead atoms. The molecule has 0 aliphatic rings. The number of rotatable bonds is 6. The summed E-state index contributed by atoms with van der Waals surface area (Å²) >= 11 is 0. The number of pyridine rings is 1. The first-order valence-electron chi connectivity index (χ1n) is 8.24. The molecule has 0 amide bonds. The molecule has 0 aliphatic carbocycles. The van der Waals surface area contributed by atoms with Crippen LogP contribution in [0.5, 0.6) is 0 Å². The molecule has 0 aliphatic heterocycles. The third-order valence-corrected chi connectivity index (χ3v) is 3.84. The van der Waals surface area contributed by atoms with Gasteiger partial charge >= 0.3 is 0 Å². The maximum absolute atomic E-state index is 4.30. The van der Waals surface area contributed by atoms with Gasteiger partial charge in [-0.1, -0.05) is 30.3 Å². The van der Waals surface area contributed by atoms with Gasteiger partial charge in [-0.3, -0.25) is 14.7 Å². The molecule has 3 aromatic rings. The minimum atomic E-state index is 0.634. The molecule has 2 N–H and O–H groups in total. The first kappa shape index (κ1) is 16.7. The van der Waals surface area contributed by atoms with Gasteiger partial charge in [-0.05, 0) is 29.3 Å². The zero-order chi connectivity index (χ0) is 17.3. The number of guanidine groups is 1. The number of nitrogens with zero attached hydrogens (tertiary/aromatic N) is 4. The normalized spacial score (nSPS) is 11.3. The van der Waals surface area contributed by atoms with Gasteiger partial charge in [0.05, 0.1) is 18.8 Å². The van der Waals surface area contributed by atoms with Crippen LogP contribution in [0.25, 0.3) is 0 Å². The molecule has 25 heavy (non-hydrogen) atoms. The quantitative estimate of drug-likeness (QED) is 0.536. The largest absolute Gasteiger partial charge is 0.352 e. The average molecular weight is 334 g/mol. The van der Waals surface area contributed by atoms with Crippen LogP contribution in [0.3, 0.4) is 0 Å². The van der Waals surface area contributed by atoms with Crippen LogP contribution >= 0.6 is 0 Å². The summed E-state index contributed by atoms with van der Waals surface area (Å²) in [5, 5.41) is 10.9. The van der Waals surface area contributed by atoms with E-state index in [4.69, 9.17) is 0 Å². The number of nitrogens with one attached hydrogen (secondary N) is 2. The van der Waals surface area contributed by atoms with E-state index in [2.05, 4.69) is 43.9 Å². The Hall–Kier alpha value is -3.15. The predicted molar refractivity (Wildman–Crippen MR) is 99.0 cm³/mol. The molecule has 3 rings (SSSR count). The van der Waals surface area contributed by atoms with Gasteiger partial charge < -0.3 is 10.6 Å². The van der Waals surface area contributed by atoms with E-state index in [0.29, 0.717) is 13.1 Å².